The van der Waals surface area contributed by atoms with Gasteiger partial charge in [0, 0.05) is 0 Å². The highest BCUT2D eigenvalue weighted by molar-refractivity contribution is 6.66. The molecule has 0 heterocycles. The molecule has 1 aliphatic carbocycles. The molecule has 15 heavy (non-hydrogen) atoms. The average Bonchev–Trinajstić information content (AvgIpc) is 2.24. The standard InChI is InChI=1S/C13H17ClO/c14-13(15)11-7-2-1-4-8-12-9-5-3-6-10-12/h1-2,4,7-8,11-12H,3,5-6,9-10H2. The van der Waals surface area contributed by atoms with Crippen LogP contribution in [0, 0.1) is 5.92 Å². The Balaban J connectivity index is 2.22. The molecule has 0 N–H and O–H groups in total. The van der Waals surface area contributed by atoms with Crippen molar-refractivity contribution in [3.63, 3.8) is 0 Å². The van der Waals surface area contributed by atoms with Crippen LogP contribution < -0.4 is 0 Å². The molecule has 0 amide bonds. The Hall–Kier alpha value is -0.820. The van der Waals surface area contributed by atoms with Crippen LogP contribution in [-0.4, -0.2) is 5.24 Å². The molecule has 1 rings (SSSR count). The summed E-state index contributed by atoms with van der Waals surface area (Å²) in [5, 5.41) is -0.434. The first-order valence-corrected chi connectivity index (χ1v) is 5.88. The van der Waals surface area contributed by atoms with E-state index in [-0.39, 0.29) is 0 Å². The van der Waals surface area contributed by atoms with Crippen molar-refractivity contribution in [3.05, 3.63) is 36.5 Å². The Kier molecular flexibility index (Phi) is 6.10. The second-order valence-corrected chi connectivity index (χ2v) is 4.20. The molecule has 2 heteroatoms. The third-order valence-electron chi connectivity index (χ3n) is 2.59. The fraction of sp³-hybridized carbons (Fsp3) is 0.462. The molecule has 1 aliphatic rings. The summed E-state index contributed by atoms with van der Waals surface area (Å²) < 4.78 is 0. The minimum atomic E-state index is -0.434. The Morgan fingerprint density at radius 1 is 1.00 bits per heavy atom. The molecule has 1 saturated carbocycles. The molecule has 82 valence electrons. The Morgan fingerprint density at radius 3 is 2.33 bits per heavy atom. The van der Waals surface area contributed by atoms with E-state index < -0.39 is 5.24 Å². The predicted molar refractivity (Wildman–Crippen MR) is 64.9 cm³/mol. The third-order valence-corrected chi connectivity index (χ3v) is 2.72. The van der Waals surface area contributed by atoms with Gasteiger partial charge in [-0.25, -0.2) is 0 Å². The zero-order valence-electron chi connectivity index (χ0n) is 8.86. The molecule has 0 aromatic carbocycles. The molecule has 0 bridgehead atoms. The molecule has 0 aromatic rings. The first kappa shape index (κ1) is 12.3. The average molecular weight is 225 g/mol. The van der Waals surface area contributed by atoms with Gasteiger partial charge < -0.3 is 0 Å². The monoisotopic (exact) mass is 224 g/mol. The minimum absolute atomic E-state index is 0.434. The van der Waals surface area contributed by atoms with Crippen molar-refractivity contribution < 1.29 is 4.79 Å². The van der Waals surface area contributed by atoms with E-state index in [0.717, 1.165) is 5.92 Å². The van der Waals surface area contributed by atoms with Crippen LogP contribution >= 0.6 is 11.6 Å². The van der Waals surface area contributed by atoms with Gasteiger partial charge in [0.25, 0.3) is 0 Å². The van der Waals surface area contributed by atoms with E-state index in [4.69, 9.17) is 11.6 Å². The molecule has 0 radical (unpaired) electrons. The van der Waals surface area contributed by atoms with E-state index in [1.165, 1.54) is 38.2 Å². The van der Waals surface area contributed by atoms with Crippen LogP contribution in [0.3, 0.4) is 0 Å². The number of halogens is 1. The number of hydrogen-bond donors (Lipinski definition) is 0. The first-order chi connectivity index (χ1) is 7.29. The maximum atomic E-state index is 10.4. The Morgan fingerprint density at radius 2 is 1.67 bits per heavy atom. The summed E-state index contributed by atoms with van der Waals surface area (Å²) in [5.41, 5.74) is 0. The van der Waals surface area contributed by atoms with Crippen molar-refractivity contribution in [1.29, 1.82) is 0 Å². The van der Waals surface area contributed by atoms with Gasteiger partial charge in [0.05, 0.1) is 0 Å². The van der Waals surface area contributed by atoms with Gasteiger partial charge in [-0.05, 0) is 36.4 Å². The quantitative estimate of drug-likeness (QED) is 0.401. The molecule has 0 spiro atoms. The number of hydrogen-bond acceptors (Lipinski definition) is 1. The lowest BCUT2D eigenvalue weighted by Gasteiger charge is -2.17. The molecule has 0 atom stereocenters. The second kappa shape index (κ2) is 7.47. The Bertz CT molecular complexity index is 270. The summed E-state index contributed by atoms with van der Waals surface area (Å²) in [6.07, 6.45) is 17.8. The van der Waals surface area contributed by atoms with Crippen molar-refractivity contribution >= 4 is 16.8 Å². The van der Waals surface area contributed by atoms with Gasteiger partial charge in [-0.1, -0.05) is 49.6 Å². The van der Waals surface area contributed by atoms with Crippen molar-refractivity contribution in [2.45, 2.75) is 32.1 Å². The van der Waals surface area contributed by atoms with Crippen LogP contribution in [-0.2, 0) is 4.79 Å². The van der Waals surface area contributed by atoms with Gasteiger partial charge in [-0.2, -0.15) is 0 Å². The van der Waals surface area contributed by atoms with Crippen LogP contribution in [0.5, 0.6) is 0 Å². The molecule has 0 saturated heterocycles. The van der Waals surface area contributed by atoms with Gasteiger partial charge in [0.2, 0.25) is 5.24 Å². The number of allylic oxidation sites excluding steroid dienone is 6. The van der Waals surface area contributed by atoms with E-state index in [9.17, 15) is 4.79 Å². The summed E-state index contributed by atoms with van der Waals surface area (Å²) in [7, 11) is 0. The molecule has 1 nitrogen and oxygen atoms in total. The first-order valence-electron chi connectivity index (χ1n) is 5.50. The Labute approximate surface area is 96.5 Å². The lowest BCUT2D eigenvalue weighted by atomic mass is 9.89. The van der Waals surface area contributed by atoms with Gasteiger partial charge in [-0.3, -0.25) is 4.79 Å². The van der Waals surface area contributed by atoms with Crippen molar-refractivity contribution in [3.8, 4) is 0 Å². The molecular weight excluding hydrogens is 208 g/mol. The van der Waals surface area contributed by atoms with Gasteiger partial charge >= 0.3 is 0 Å². The van der Waals surface area contributed by atoms with Crippen molar-refractivity contribution in [1.82, 2.24) is 0 Å². The molecular formula is C13H17ClO. The van der Waals surface area contributed by atoms with Crippen LogP contribution in [0.15, 0.2) is 36.5 Å². The summed E-state index contributed by atoms with van der Waals surface area (Å²) in [4.78, 5) is 10.4. The molecule has 0 aliphatic heterocycles. The van der Waals surface area contributed by atoms with Crippen LogP contribution in [0.1, 0.15) is 32.1 Å². The zero-order valence-corrected chi connectivity index (χ0v) is 9.62. The van der Waals surface area contributed by atoms with Crippen LogP contribution in [0.25, 0.3) is 0 Å². The topological polar surface area (TPSA) is 17.1 Å². The van der Waals surface area contributed by atoms with E-state index in [1.807, 2.05) is 12.2 Å². The van der Waals surface area contributed by atoms with Crippen molar-refractivity contribution in [2.24, 2.45) is 5.92 Å². The highest BCUT2D eigenvalue weighted by Crippen LogP contribution is 2.24. The lowest BCUT2D eigenvalue weighted by molar-refractivity contribution is -0.107. The molecule has 1 fully saturated rings. The highest BCUT2D eigenvalue weighted by Gasteiger charge is 2.08. The maximum Gasteiger partial charge on any atom is 0.245 e. The predicted octanol–water partition coefficient (Wildman–Crippen LogP) is 4.00. The minimum Gasteiger partial charge on any atom is -0.276 e. The molecule has 0 unspecified atom stereocenters. The summed E-state index contributed by atoms with van der Waals surface area (Å²) in [6, 6.07) is 0. The number of carbonyl (C=O) groups is 1. The summed E-state index contributed by atoms with van der Waals surface area (Å²) in [5.74, 6) is 0.752. The number of rotatable bonds is 4. The van der Waals surface area contributed by atoms with Crippen molar-refractivity contribution in [2.75, 3.05) is 0 Å². The fourth-order valence-corrected chi connectivity index (χ4v) is 1.88. The van der Waals surface area contributed by atoms with E-state index >= 15 is 0 Å². The van der Waals surface area contributed by atoms with Crippen LogP contribution in [0.2, 0.25) is 0 Å². The summed E-state index contributed by atoms with van der Waals surface area (Å²) >= 11 is 5.13. The second-order valence-electron chi connectivity index (χ2n) is 3.83. The lowest BCUT2D eigenvalue weighted by Crippen LogP contribution is -2.02. The van der Waals surface area contributed by atoms with Crippen LogP contribution in [0.4, 0.5) is 0 Å². The normalized spacial score (nSPS) is 19.5. The fourth-order valence-electron chi connectivity index (χ4n) is 1.81. The van der Waals surface area contributed by atoms with E-state index in [1.54, 1.807) is 6.08 Å². The van der Waals surface area contributed by atoms with Gasteiger partial charge in [0.1, 0.15) is 0 Å². The van der Waals surface area contributed by atoms with Gasteiger partial charge in [0.15, 0.2) is 0 Å². The highest BCUT2D eigenvalue weighted by atomic mass is 35.5. The maximum absolute atomic E-state index is 10.4. The third kappa shape index (κ3) is 6.29. The number of carbonyl (C=O) groups excluding carboxylic acids is 1. The largest absolute Gasteiger partial charge is 0.276 e. The van der Waals surface area contributed by atoms with Gasteiger partial charge in [-0.15, -0.1) is 0 Å². The molecule has 0 aromatic heterocycles. The summed E-state index contributed by atoms with van der Waals surface area (Å²) in [6.45, 7) is 0. The van der Waals surface area contributed by atoms with E-state index in [0.29, 0.717) is 0 Å². The zero-order chi connectivity index (χ0) is 10.9. The van der Waals surface area contributed by atoms with E-state index in [2.05, 4.69) is 12.2 Å². The smallest absolute Gasteiger partial charge is 0.245 e. The SMILES string of the molecule is O=C(Cl)C=CC=CC=CC1CCCCC1.